The van der Waals surface area contributed by atoms with Gasteiger partial charge in [0.05, 0.1) is 0 Å². The predicted molar refractivity (Wildman–Crippen MR) is 288 cm³/mol. The first-order chi connectivity index (χ1) is 33.0. The standard InChI is InChI=1S/C61H98O6/c1-4-7-10-13-16-19-22-25-28-30-33-36-39-42-45-48-51-54-60(63)66-57-58(56-65-59(62)53-50-47-44-41-38-35-32-27-24-21-18-15-12-9-6-3)67-61(64)55-52-49-46-43-40-37-34-31-29-26-23-20-17-14-11-8-5-2/h7,10,16-17,19-21,24-26,28-29,33-34,36-37,42-43,45-46,58H,4-6,8-9,11-15,18,22-23,27,30-32,35,38-41,44,47-57H2,1-3H3/b10-7-,19-16-,20-17-,24-21-,28-25-,29-26-,36-33-,37-34-,45-42-,46-43-. The molecule has 6 heteroatoms. The number of unbranched alkanes of at least 4 members (excludes halogenated alkanes) is 16. The van der Waals surface area contributed by atoms with E-state index in [4.69, 9.17) is 14.2 Å². The predicted octanol–water partition coefficient (Wildman–Crippen LogP) is 18.1. The molecule has 0 aliphatic heterocycles. The molecule has 0 saturated carbocycles. The summed E-state index contributed by atoms with van der Waals surface area (Å²) in [5.74, 6) is -1.05. The van der Waals surface area contributed by atoms with Gasteiger partial charge in [0.1, 0.15) is 13.2 Å². The fourth-order valence-corrected chi connectivity index (χ4v) is 6.88. The highest BCUT2D eigenvalue weighted by Gasteiger charge is 2.19. The van der Waals surface area contributed by atoms with Crippen LogP contribution in [0.15, 0.2) is 122 Å². The zero-order valence-electron chi connectivity index (χ0n) is 43.1. The van der Waals surface area contributed by atoms with Crippen molar-refractivity contribution in [2.75, 3.05) is 13.2 Å². The quantitative estimate of drug-likeness (QED) is 0.0262. The summed E-state index contributed by atoms with van der Waals surface area (Å²) in [6, 6.07) is 0. The largest absolute Gasteiger partial charge is 0.462 e. The summed E-state index contributed by atoms with van der Waals surface area (Å²) in [7, 11) is 0. The molecule has 0 radical (unpaired) electrons. The van der Waals surface area contributed by atoms with Gasteiger partial charge in [-0.05, 0) is 122 Å². The SMILES string of the molecule is CC/C=C\C/C=C\C/C=C\C/C=C\C/C=C\CCCC(=O)OCC(COC(=O)CCCCCCCCC/C=C\CCCCCC)OC(=O)CCC/C=C\C/C=C\C/C=C\C/C=C\CCCCC. The molecule has 0 bridgehead atoms. The number of carbonyl (C=O) groups excluding carboxylic acids is 3. The smallest absolute Gasteiger partial charge is 0.306 e. The van der Waals surface area contributed by atoms with Gasteiger partial charge in [-0.15, -0.1) is 0 Å². The van der Waals surface area contributed by atoms with Crippen molar-refractivity contribution < 1.29 is 28.6 Å². The molecule has 0 fully saturated rings. The van der Waals surface area contributed by atoms with Crippen LogP contribution in [0.4, 0.5) is 0 Å². The highest BCUT2D eigenvalue weighted by molar-refractivity contribution is 5.71. The highest BCUT2D eigenvalue weighted by atomic mass is 16.6. The third kappa shape index (κ3) is 52.6. The van der Waals surface area contributed by atoms with Crippen molar-refractivity contribution in [3.8, 4) is 0 Å². The van der Waals surface area contributed by atoms with Crippen LogP contribution in [0.25, 0.3) is 0 Å². The summed E-state index contributed by atoms with van der Waals surface area (Å²) < 4.78 is 16.7. The minimum Gasteiger partial charge on any atom is -0.462 e. The van der Waals surface area contributed by atoms with Gasteiger partial charge in [0.25, 0.3) is 0 Å². The molecule has 0 heterocycles. The van der Waals surface area contributed by atoms with Gasteiger partial charge in [0.2, 0.25) is 0 Å². The fraction of sp³-hybridized carbons (Fsp3) is 0.623. The van der Waals surface area contributed by atoms with E-state index in [1.165, 1.54) is 89.9 Å². The third-order valence-electron chi connectivity index (χ3n) is 10.9. The summed E-state index contributed by atoms with van der Waals surface area (Å²) in [4.78, 5) is 38.0. The Bertz CT molecular complexity index is 1440. The second kappa shape index (κ2) is 54.4. The van der Waals surface area contributed by atoms with Gasteiger partial charge in [0.15, 0.2) is 6.10 Å². The van der Waals surface area contributed by atoms with E-state index in [0.717, 1.165) is 83.5 Å². The van der Waals surface area contributed by atoms with Gasteiger partial charge >= 0.3 is 17.9 Å². The lowest BCUT2D eigenvalue weighted by molar-refractivity contribution is -0.167. The Hall–Kier alpha value is -4.19. The molecular formula is C61H98O6. The van der Waals surface area contributed by atoms with Crippen molar-refractivity contribution >= 4 is 17.9 Å². The van der Waals surface area contributed by atoms with Crippen molar-refractivity contribution in [1.82, 2.24) is 0 Å². The molecule has 0 aliphatic rings. The van der Waals surface area contributed by atoms with Crippen LogP contribution in [-0.4, -0.2) is 37.2 Å². The number of hydrogen-bond acceptors (Lipinski definition) is 6. The topological polar surface area (TPSA) is 78.9 Å². The molecule has 1 atom stereocenters. The van der Waals surface area contributed by atoms with E-state index in [0.29, 0.717) is 19.3 Å². The zero-order chi connectivity index (χ0) is 48.6. The zero-order valence-corrected chi connectivity index (χ0v) is 43.1. The van der Waals surface area contributed by atoms with Crippen LogP contribution in [-0.2, 0) is 28.6 Å². The first-order valence-corrected chi connectivity index (χ1v) is 27.0. The minimum atomic E-state index is -0.834. The Morgan fingerprint density at radius 1 is 0.313 bits per heavy atom. The van der Waals surface area contributed by atoms with Gasteiger partial charge in [-0.1, -0.05) is 206 Å². The van der Waals surface area contributed by atoms with Gasteiger partial charge in [0, 0.05) is 19.3 Å². The van der Waals surface area contributed by atoms with E-state index < -0.39 is 6.10 Å². The van der Waals surface area contributed by atoms with Crippen LogP contribution in [0.2, 0.25) is 0 Å². The molecule has 0 aromatic heterocycles. The molecule has 0 aliphatic carbocycles. The number of hydrogen-bond donors (Lipinski definition) is 0. The van der Waals surface area contributed by atoms with Crippen molar-refractivity contribution in [2.24, 2.45) is 0 Å². The molecule has 378 valence electrons. The highest BCUT2D eigenvalue weighted by Crippen LogP contribution is 2.12. The van der Waals surface area contributed by atoms with Crippen LogP contribution in [0.1, 0.15) is 226 Å². The van der Waals surface area contributed by atoms with Crippen molar-refractivity contribution in [2.45, 2.75) is 232 Å². The van der Waals surface area contributed by atoms with Gasteiger partial charge in [-0.25, -0.2) is 0 Å². The molecule has 0 amide bonds. The number of ether oxygens (including phenoxy) is 3. The van der Waals surface area contributed by atoms with Crippen molar-refractivity contribution in [3.63, 3.8) is 0 Å². The molecule has 0 aromatic rings. The van der Waals surface area contributed by atoms with E-state index in [9.17, 15) is 14.4 Å². The lowest BCUT2D eigenvalue weighted by Crippen LogP contribution is -2.30. The van der Waals surface area contributed by atoms with E-state index in [1.807, 2.05) is 0 Å². The average Bonchev–Trinajstić information content (AvgIpc) is 3.33. The normalized spacial score (nSPS) is 13.1. The maximum Gasteiger partial charge on any atom is 0.306 e. The van der Waals surface area contributed by atoms with E-state index >= 15 is 0 Å². The number of esters is 3. The Balaban J connectivity index is 4.59. The van der Waals surface area contributed by atoms with Crippen molar-refractivity contribution in [1.29, 1.82) is 0 Å². The molecule has 6 nitrogen and oxygen atoms in total. The molecule has 0 aromatic carbocycles. The molecule has 1 unspecified atom stereocenters. The van der Waals surface area contributed by atoms with Crippen LogP contribution in [0.3, 0.4) is 0 Å². The number of rotatable bonds is 47. The Morgan fingerprint density at radius 2 is 0.597 bits per heavy atom. The lowest BCUT2D eigenvalue weighted by Gasteiger charge is -2.18. The van der Waals surface area contributed by atoms with Crippen LogP contribution < -0.4 is 0 Å². The average molecular weight is 927 g/mol. The second-order valence-corrected chi connectivity index (χ2v) is 17.4. The Labute approximate surface area is 412 Å². The molecule has 0 saturated heterocycles. The summed E-state index contributed by atoms with van der Waals surface area (Å²) >= 11 is 0. The summed E-state index contributed by atoms with van der Waals surface area (Å²) in [5.41, 5.74) is 0. The maximum absolute atomic E-state index is 12.8. The van der Waals surface area contributed by atoms with Gasteiger partial charge in [-0.2, -0.15) is 0 Å². The maximum atomic E-state index is 12.8. The lowest BCUT2D eigenvalue weighted by atomic mass is 10.1. The molecule has 67 heavy (non-hydrogen) atoms. The number of allylic oxidation sites excluding steroid dienone is 20. The molecule has 0 rings (SSSR count). The van der Waals surface area contributed by atoms with E-state index in [2.05, 4.69) is 142 Å². The first kappa shape index (κ1) is 62.8. The third-order valence-corrected chi connectivity index (χ3v) is 10.9. The van der Waals surface area contributed by atoms with E-state index in [-0.39, 0.29) is 44.0 Å². The number of carbonyl (C=O) groups is 3. The molecular weight excluding hydrogens is 829 g/mol. The molecule has 0 N–H and O–H groups in total. The first-order valence-electron chi connectivity index (χ1n) is 27.0. The second-order valence-electron chi connectivity index (χ2n) is 17.4. The van der Waals surface area contributed by atoms with Crippen molar-refractivity contribution in [3.05, 3.63) is 122 Å². The summed E-state index contributed by atoms with van der Waals surface area (Å²) in [6.07, 6.45) is 74.8. The van der Waals surface area contributed by atoms with Crippen LogP contribution >= 0.6 is 0 Å². The summed E-state index contributed by atoms with van der Waals surface area (Å²) in [5, 5.41) is 0. The van der Waals surface area contributed by atoms with Crippen LogP contribution in [0, 0.1) is 0 Å². The van der Waals surface area contributed by atoms with Gasteiger partial charge < -0.3 is 14.2 Å². The Morgan fingerprint density at radius 3 is 1.01 bits per heavy atom. The monoisotopic (exact) mass is 927 g/mol. The minimum absolute atomic E-state index is 0.123. The van der Waals surface area contributed by atoms with Gasteiger partial charge in [-0.3, -0.25) is 14.4 Å². The fourth-order valence-electron chi connectivity index (χ4n) is 6.88. The molecule has 0 spiro atoms. The Kier molecular flexibility index (Phi) is 51.0. The summed E-state index contributed by atoms with van der Waals surface area (Å²) in [6.45, 7) is 6.37. The van der Waals surface area contributed by atoms with Crippen LogP contribution in [0.5, 0.6) is 0 Å². The van der Waals surface area contributed by atoms with E-state index in [1.54, 1.807) is 0 Å².